The zero-order chi connectivity index (χ0) is 13.7. The van der Waals surface area contributed by atoms with Crippen LogP contribution in [0.2, 0.25) is 5.02 Å². The molecule has 5 heteroatoms. The van der Waals surface area contributed by atoms with E-state index in [1.54, 1.807) is 18.2 Å². The van der Waals surface area contributed by atoms with Crippen molar-refractivity contribution in [1.82, 2.24) is 5.32 Å². The monoisotopic (exact) mass is 268 g/mol. The van der Waals surface area contributed by atoms with E-state index in [2.05, 4.69) is 10.6 Å². The Morgan fingerprint density at radius 2 is 1.94 bits per heavy atom. The van der Waals surface area contributed by atoms with Crippen LogP contribution >= 0.6 is 11.6 Å². The Labute approximate surface area is 112 Å². The highest BCUT2D eigenvalue weighted by molar-refractivity contribution is 6.30. The molecular formula is C13H17ClN2O2. The number of benzene rings is 1. The molecule has 98 valence electrons. The van der Waals surface area contributed by atoms with Crippen LogP contribution in [0.1, 0.15) is 25.8 Å². The van der Waals surface area contributed by atoms with Crippen molar-refractivity contribution in [3.05, 3.63) is 28.8 Å². The average molecular weight is 269 g/mol. The van der Waals surface area contributed by atoms with Crippen LogP contribution in [-0.4, -0.2) is 17.9 Å². The van der Waals surface area contributed by atoms with E-state index in [-0.39, 0.29) is 24.3 Å². The first kappa shape index (κ1) is 14.5. The van der Waals surface area contributed by atoms with Gasteiger partial charge in [0.15, 0.2) is 0 Å². The highest BCUT2D eigenvalue weighted by Gasteiger charge is 2.11. The number of carbonyl (C=O) groups excluding carboxylic acids is 2. The van der Waals surface area contributed by atoms with Crippen molar-refractivity contribution in [1.29, 1.82) is 0 Å². The lowest BCUT2D eigenvalue weighted by molar-refractivity contribution is -0.127. The molecule has 4 nitrogen and oxygen atoms in total. The SMILES string of the molecule is Cc1cc(Cl)ccc1NC(=O)CC(=O)NC(C)C. The van der Waals surface area contributed by atoms with E-state index in [4.69, 9.17) is 11.6 Å². The van der Waals surface area contributed by atoms with Crippen LogP contribution in [0.25, 0.3) is 0 Å². The molecule has 0 saturated heterocycles. The molecule has 1 aromatic rings. The zero-order valence-electron chi connectivity index (χ0n) is 10.7. The van der Waals surface area contributed by atoms with Crippen LogP contribution in [0.4, 0.5) is 5.69 Å². The molecule has 0 unspecified atom stereocenters. The highest BCUT2D eigenvalue weighted by atomic mass is 35.5. The summed E-state index contributed by atoms with van der Waals surface area (Å²) >= 11 is 5.82. The molecule has 1 aromatic carbocycles. The molecule has 0 radical (unpaired) electrons. The van der Waals surface area contributed by atoms with Gasteiger partial charge in [-0.25, -0.2) is 0 Å². The summed E-state index contributed by atoms with van der Waals surface area (Å²) in [5, 5.41) is 5.96. The summed E-state index contributed by atoms with van der Waals surface area (Å²) in [6.45, 7) is 5.54. The van der Waals surface area contributed by atoms with Crippen LogP contribution in [0, 0.1) is 6.92 Å². The summed E-state index contributed by atoms with van der Waals surface area (Å²) in [5.41, 5.74) is 1.53. The number of hydrogen-bond acceptors (Lipinski definition) is 2. The Hall–Kier alpha value is -1.55. The molecule has 0 heterocycles. The largest absolute Gasteiger partial charge is 0.353 e. The Morgan fingerprint density at radius 3 is 2.50 bits per heavy atom. The van der Waals surface area contributed by atoms with Crippen molar-refractivity contribution in [2.75, 3.05) is 5.32 Å². The van der Waals surface area contributed by atoms with Gasteiger partial charge in [-0.2, -0.15) is 0 Å². The minimum Gasteiger partial charge on any atom is -0.353 e. The van der Waals surface area contributed by atoms with Gasteiger partial charge in [-0.15, -0.1) is 0 Å². The number of nitrogens with one attached hydrogen (secondary N) is 2. The molecular weight excluding hydrogens is 252 g/mol. The number of amides is 2. The van der Waals surface area contributed by atoms with Gasteiger partial charge in [0.25, 0.3) is 0 Å². The van der Waals surface area contributed by atoms with Gasteiger partial charge >= 0.3 is 0 Å². The van der Waals surface area contributed by atoms with E-state index in [9.17, 15) is 9.59 Å². The Balaban J connectivity index is 2.57. The molecule has 0 fully saturated rings. The van der Waals surface area contributed by atoms with Crippen LogP contribution in [0.15, 0.2) is 18.2 Å². The van der Waals surface area contributed by atoms with Crippen molar-refractivity contribution >= 4 is 29.1 Å². The maximum Gasteiger partial charge on any atom is 0.233 e. The molecule has 0 aliphatic heterocycles. The Bertz CT molecular complexity index is 458. The lowest BCUT2D eigenvalue weighted by Crippen LogP contribution is -2.33. The van der Waals surface area contributed by atoms with Gasteiger partial charge in [0.05, 0.1) is 0 Å². The van der Waals surface area contributed by atoms with E-state index >= 15 is 0 Å². The summed E-state index contributed by atoms with van der Waals surface area (Å²) in [4.78, 5) is 23.0. The van der Waals surface area contributed by atoms with E-state index in [0.29, 0.717) is 10.7 Å². The fourth-order valence-corrected chi connectivity index (χ4v) is 1.71. The van der Waals surface area contributed by atoms with Crippen LogP contribution < -0.4 is 10.6 Å². The highest BCUT2D eigenvalue weighted by Crippen LogP contribution is 2.19. The summed E-state index contributed by atoms with van der Waals surface area (Å²) in [5.74, 6) is -0.618. The second-order valence-electron chi connectivity index (χ2n) is 4.41. The molecule has 0 bridgehead atoms. The van der Waals surface area contributed by atoms with Gasteiger partial charge in [-0.05, 0) is 44.5 Å². The lowest BCUT2D eigenvalue weighted by atomic mass is 10.2. The van der Waals surface area contributed by atoms with Crippen LogP contribution in [0.3, 0.4) is 0 Å². The molecule has 0 atom stereocenters. The Kier molecular flexibility index (Phi) is 5.16. The van der Waals surface area contributed by atoms with Crippen molar-refractivity contribution in [3.8, 4) is 0 Å². The first-order chi connectivity index (χ1) is 8.38. The first-order valence-corrected chi connectivity index (χ1v) is 6.11. The lowest BCUT2D eigenvalue weighted by Gasteiger charge is -2.10. The maximum absolute atomic E-state index is 11.6. The normalized spacial score (nSPS) is 10.3. The molecule has 0 aliphatic carbocycles. The number of rotatable bonds is 4. The number of carbonyl (C=O) groups is 2. The zero-order valence-corrected chi connectivity index (χ0v) is 11.5. The summed E-state index contributed by atoms with van der Waals surface area (Å²) in [6, 6.07) is 5.20. The van der Waals surface area contributed by atoms with E-state index in [1.165, 1.54) is 0 Å². The standard InChI is InChI=1S/C13H17ClN2O2/c1-8(2)15-12(17)7-13(18)16-11-5-4-10(14)6-9(11)3/h4-6,8H,7H2,1-3H3,(H,15,17)(H,16,18). The molecule has 0 saturated carbocycles. The number of hydrogen-bond donors (Lipinski definition) is 2. The minimum atomic E-state index is -0.335. The van der Waals surface area contributed by atoms with E-state index in [1.807, 2.05) is 20.8 Å². The summed E-state index contributed by atoms with van der Waals surface area (Å²) in [6.07, 6.45) is -0.180. The third kappa shape index (κ3) is 4.75. The van der Waals surface area contributed by atoms with Crippen molar-refractivity contribution in [3.63, 3.8) is 0 Å². The summed E-state index contributed by atoms with van der Waals surface area (Å²) < 4.78 is 0. The average Bonchev–Trinajstić information content (AvgIpc) is 2.20. The van der Waals surface area contributed by atoms with Gasteiger partial charge in [0.1, 0.15) is 6.42 Å². The smallest absolute Gasteiger partial charge is 0.233 e. The summed E-state index contributed by atoms with van der Waals surface area (Å²) in [7, 11) is 0. The Morgan fingerprint density at radius 1 is 1.28 bits per heavy atom. The van der Waals surface area contributed by atoms with Gasteiger partial charge in [0.2, 0.25) is 11.8 Å². The third-order valence-electron chi connectivity index (χ3n) is 2.23. The fraction of sp³-hybridized carbons (Fsp3) is 0.385. The first-order valence-electron chi connectivity index (χ1n) is 5.74. The van der Waals surface area contributed by atoms with Crippen LogP contribution in [0.5, 0.6) is 0 Å². The number of anilines is 1. The predicted molar refractivity (Wildman–Crippen MR) is 72.7 cm³/mol. The van der Waals surface area contributed by atoms with Crippen molar-refractivity contribution in [2.24, 2.45) is 0 Å². The predicted octanol–water partition coefficient (Wildman–Crippen LogP) is 2.50. The molecule has 2 N–H and O–H groups in total. The molecule has 0 aliphatic rings. The fourth-order valence-electron chi connectivity index (χ4n) is 1.48. The molecule has 18 heavy (non-hydrogen) atoms. The minimum absolute atomic E-state index is 0.0302. The van der Waals surface area contributed by atoms with Gasteiger partial charge in [-0.1, -0.05) is 11.6 Å². The van der Waals surface area contributed by atoms with E-state index < -0.39 is 0 Å². The van der Waals surface area contributed by atoms with Gasteiger partial charge in [-0.3, -0.25) is 9.59 Å². The topological polar surface area (TPSA) is 58.2 Å². The van der Waals surface area contributed by atoms with Gasteiger partial charge < -0.3 is 10.6 Å². The van der Waals surface area contributed by atoms with Gasteiger partial charge in [0, 0.05) is 16.8 Å². The van der Waals surface area contributed by atoms with Crippen molar-refractivity contribution < 1.29 is 9.59 Å². The van der Waals surface area contributed by atoms with Crippen LogP contribution in [-0.2, 0) is 9.59 Å². The molecule has 0 aromatic heterocycles. The van der Waals surface area contributed by atoms with Crippen molar-refractivity contribution in [2.45, 2.75) is 33.2 Å². The molecule has 2 amide bonds. The molecule has 0 spiro atoms. The second kappa shape index (κ2) is 6.40. The second-order valence-corrected chi connectivity index (χ2v) is 4.84. The van der Waals surface area contributed by atoms with E-state index in [0.717, 1.165) is 5.56 Å². The quantitative estimate of drug-likeness (QED) is 0.825. The maximum atomic E-state index is 11.6. The number of aryl methyl sites for hydroxylation is 1. The molecule has 1 rings (SSSR count). The third-order valence-corrected chi connectivity index (χ3v) is 2.47. The number of halogens is 1.